The van der Waals surface area contributed by atoms with Crippen LogP contribution in [0.5, 0.6) is 0 Å². The highest BCUT2D eigenvalue weighted by Crippen LogP contribution is 2.17. The Labute approximate surface area is 165 Å². The molecule has 0 radical (unpaired) electrons. The second-order valence-corrected chi connectivity index (χ2v) is 7.47. The second-order valence-electron chi connectivity index (χ2n) is 7.47. The van der Waals surface area contributed by atoms with Crippen LogP contribution in [0.25, 0.3) is 0 Å². The number of esters is 1. The maximum Gasteiger partial charge on any atom is 0.412 e. The fourth-order valence-electron chi connectivity index (χ4n) is 2.61. The van der Waals surface area contributed by atoms with Crippen LogP contribution in [0.15, 0.2) is 54.6 Å². The number of hydrogen-bond donors (Lipinski definition) is 1. The van der Waals surface area contributed by atoms with Crippen LogP contribution < -0.4 is 0 Å². The summed E-state index contributed by atoms with van der Waals surface area (Å²) in [6, 6.07) is 16.1. The Bertz CT molecular complexity index is 781. The van der Waals surface area contributed by atoms with Crippen molar-refractivity contribution in [2.24, 2.45) is 0 Å². The van der Waals surface area contributed by atoms with E-state index in [9.17, 15) is 14.7 Å². The Morgan fingerprint density at radius 1 is 1.00 bits per heavy atom. The third-order valence-electron chi connectivity index (χ3n) is 3.98. The molecular formula is C22H27NO5. The van der Waals surface area contributed by atoms with Gasteiger partial charge in [-0.3, -0.25) is 4.90 Å². The zero-order valence-corrected chi connectivity index (χ0v) is 16.7. The van der Waals surface area contributed by atoms with Crippen molar-refractivity contribution >= 4 is 12.1 Å². The van der Waals surface area contributed by atoms with Crippen LogP contribution >= 0.6 is 0 Å². The second kappa shape index (κ2) is 9.37. The molecule has 150 valence electrons. The molecular weight excluding hydrogens is 358 g/mol. The zero-order chi connectivity index (χ0) is 20.7. The molecule has 6 heteroatoms. The number of amides is 1. The Hall–Kier alpha value is -2.86. The van der Waals surface area contributed by atoms with Crippen LogP contribution in [-0.4, -0.2) is 41.0 Å². The summed E-state index contributed by atoms with van der Waals surface area (Å²) in [5, 5.41) is 10.7. The van der Waals surface area contributed by atoms with Gasteiger partial charge in [0.25, 0.3) is 0 Å². The van der Waals surface area contributed by atoms with Crippen molar-refractivity contribution in [3.8, 4) is 0 Å². The van der Waals surface area contributed by atoms with E-state index in [0.29, 0.717) is 5.56 Å². The maximum atomic E-state index is 12.7. The Morgan fingerprint density at radius 3 is 2.14 bits per heavy atom. The van der Waals surface area contributed by atoms with Crippen LogP contribution in [0, 0.1) is 0 Å². The average Bonchev–Trinajstić information content (AvgIpc) is 2.65. The van der Waals surface area contributed by atoms with Crippen LogP contribution in [0.3, 0.4) is 0 Å². The molecule has 0 saturated carbocycles. The molecule has 0 aliphatic heterocycles. The SMILES string of the molecule is COC(=O)c1ccc(CN(C(=O)OC(C)(C)C)C(O)Cc2ccccc2)cc1. The van der Waals surface area contributed by atoms with Gasteiger partial charge in [0.05, 0.1) is 19.2 Å². The third kappa shape index (κ3) is 6.39. The van der Waals surface area contributed by atoms with Crippen LogP contribution in [0.2, 0.25) is 0 Å². The van der Waals surface area contributed by atoms with E-state index < -0.39 is 23.9 Å². The molecule has 6 nitrogen and oxygen atoms in total. The number of methoxy groups -OCH3 is 1. The fraction of sp³-hybridized carbons (Fsp3) is 0.364. The molecule has 0 aliphatic carbocycles. The minimum atomic E-state index is -1.06. The highest BCUT2D eigenvalue weighted by molar-refractivity contribution is 5.89. The lowest BCUT2D eigenvalue weighted by Crippen LogP contribution is -2.44. The Balaban J connectivity index is 2.19. The average molecular weight is 385 g/mol. The Morgan fingerprint density at radius 2 is 1.61 bits per heavy atom. The molecule has 2 aromatic carbocycles. The van der Waals surface area contributed by atoms with Gasteiger partial charge in [0.15, 0.2) is 0 Å². The summed E-state index contributed by atoms with van der Waals surface area (Å²) in [5.74, 6) is -0.431. The van der Waals surface area contributed by atoms with E-state index in [1.807, 2.05) is 30.3 Å². The number of aliphatic hydroxyl groups excluding tert-OH is 1. The van der Waals surface area contributed by atoms with Crippen molar-refractivity contribution in [3.05, 3.63) is 71.3 Å². The summed E-state index contributed by atoms with van der Waals surface area (Å²) >= 11 is 0. The minimum absolute atomic E-state index is 0.143. The molecule has 2 rings (SSSR count). The number of rotatable bonds is 6. The quantitative estimate of drug-likeness (QED) is 0.605. The monoisotopic (exact) mass is 385 g/mol. The maximum absolute atomic E-state index is 12.7. The minimum Gasteiger partial charge on any atom is -0.465 e. The Kier molecular flexibility index (Phi) is 7.18. The molecule has 2 aromatic rings. The van der Waals surface area contributed by atoms with Crippen molar-refractivity contribution in [1.29, 1.82) is 0 Å². The highest BCUT2D eigenvalue weighted by Gasteiger charge is 2.27. The summed E-state index contributed by atoms with van der Waals surface area (Å²) in [4.78, 5) is 25.5. The molecule has 0 saturated heterocycles. The number of ether oxygens (including phenoxy) is 2. The molecule has 1 N–H and O–H groups in total. The van der Waals surface area contributed by atoms with Gasteiger partial charge in [-0.1, -0.05) is 42.5 Å². The molecule has 1 atom stereocenters. The summed E-state index contributed by atoms with van der Waals surface area (Å²) < 4.78 is 10.2. The molecule has 0 fully saturated rings. The van der Waals surface area contributed by atoms with E-state index >= 15 is 0 Å². The molecule has 0 spiro atoms. The van der Waals surface area contributed by atoms with Gasteiger partial charge in [0.1, 0.15) is 11.8 Å². The first-order valence-electron chi connectivity index (χ1n) is 9.08. The number of aliphatic hydroxyl groups is 1. The topological polar surface area (TPSA) is 76.1 Å². The molecule has 0 heterocycles. The van der Waals surface area contributed by atoms with Gasteiger partial charge < -0.3 is 14.6 Å². The van der Waals surface area contributed by atoms with Gasteiger partial charge in [-0.25, -0.2) is 9.59 Å². The van der Waals surface area contributed by atoms with Gasteiger partial charge in [-0.2, -0.15) is 0 Å². The lowest BCUT2D eigenvalue weighted by molar-refractivity contribution is -0.0333. The lowest BCUT2D eigenvalue weighted by atomic mass is 10.1. The predicted octanol–water partition coefficient (Wildman–Crippen LogP) is 3.77. The number of nitrogens with zero attached hydrogens (tertiary/aromatic N) is 1. The van der Waals surface area contributed by atoms with Gasteiger partial charge in [-0.15, -0.1) is 0 Å². The number of carbonyl (C=O) groups is 2. The van der Waals surface area contributed by atoms with E-state index in [1.54, 1.807) is 45.0 Å². The summed E-state index contributed by atoms with van der Waals surface area (Å²) in [5.41, 5.74) is 1.39. The molecule has 0 aromatic heterocycles. The van der Waals surface area contributed by atoms with Crippen LogP contribution in [0.4, 0.5) is 4.79 Å². The van der Waals surface area contributed by atoms with Crippen molar-refractivity contribution in [2.75, 3.05) is 7.11 Å². The molecule has 0 bridgehead atoms. The normalized spacial score (nSPS) is 12.2. The number of carbonyl (C=O) groups excluding carboxylic acids is 2. The van der Waals surface area contributed by atoms with Crippen molar-refractivity contribution in [3.63, 3.8) is 0 Å². The molecule has 0 aliphatic rings. The molecule has 1 unspecified atom stereocenters. The third-order valence-corrected chi connectivity index (χ3v) is 3.98. The van der Waals surface area contributed by atoms with Gasteiger partial charge in [-0.05, 0) is 44.0 Å². The first-order chi connectivity index (χ1) is 13.2. The molecule has 28 heavy (non-hydrogen) atoms. The van der Waals surface area contributed by atoms with Crippen molar-refractivity contribution < 1.29 is 24.2 Å². The standard InChI is InChI=1S/C22H27NO5/c1-22(2,3)28-21(26)23(19(24)14-16-8-6-5-7-9-16)15-17-10-12-18(13-11-17)20(25)27-4/h5-13,19,24H,14-15H2,1-4H3. The number of hydrogen-bond acceptors (Lipinski definition) is 5. The van der Waals surface area contributed by atoms with Gasteiger partial charge in [0.2, 0.25) is 0 Å². The van der Waals surface area contributed by atoms with Crippen molar-refractivity contribution in [2.45, 2.75) is 45.6 Å². The molecule has 1 amide bonds. The lowest BCUT2D eigenvalue weighted by Gasteiger charge is -2.31. The fourth-order valence-corrected chi connectivity index (χ4v) is 2.61. The summed E-state index contributed by atoms with van der Waals surface area (Å²) in [6.07, 6.45) is -1.38. The summed E-state index contributed by atoms with van der Waals surface area (Å²) in [7, 11) is 1.32. The van der Waals surface area contributed by atoms with Crippen molar-refractivity contribution in [1.82, 2.24) is 4.90 Å². The van der Waals surface area contributed by atoms with Crippen LogP contribution in [0.1, 0.15) is 42.3 Å². The van der Waals surface area contributed by atoms with E-state index in [-0.39, 0.29) is 13.0 Å². The van der Waals surface area contributed by atoms with Gasteiger partial charge >= 0.3 is 12.1 Å². The predicted molar refractivity (Wildman–Crippen MR) is 106 cm³/mol. The first kappa shape index (κ1) is 21.4. The first-order valence-corrected chi connectivity index (χ1v) is 9.08. The van der Waals surface area contributed by atoms with Crippen LogP contribution in [-0.2, 0) is 22.4 Å². The van der Waals surface area contributed by atoms with Gasteiger partial charge in [0, 0.05) is 6.42 Å². The van der Waals surface area contributed by atoms with E-state index in [1.165, 1.54) is 12.0 Å². The largest absolute Gasteiger partial charge is 0.465 e. The van der Waals surface area contributed by atoms with E-state index in [0.717, 1.165) is 11.1 Å². The van der Waals surface area contributed by atoms with E-state index in [2.05, 4.69) is 0 Å². The highest BCUT2D eigenvalue weighted by atomic mass is 16.6. The number of benzene rings is 2. The summed E-state index contributed by atoms with van der Waals surface area (Å²) in [6.45, 7) is 5.47. The van der Waals surface area contributed by atoms with E-state index in [4.69, 9.17) is 9.47 Å². The smallest absolute Gasteiger partial charge is 0.412 e. The zero-order valence-electron chi connectivity index (χ0n) is 16.7.